The summed E-state index contributed by atoms with van der Waals surface area (Å²) < 4.78 is 5.39. The van der Waals surface area contributed by atoms with Crippen LogP contribution in [0.1, 0.15) is 42.0 Å². The van der Waals surface area contributed by atoms with Gasteiger partial charge in [0.15, 0.2) is 0 Å². The molecule has 3 aromatic rings. The van der Waals surface area contributed by atoms with Crippen molar-refractivity contribution in [3.05, 3.63) is 101 Å². The largest absolute Gasteiger partial charge is 0.497 e. The minimum absolute atomic E-state index is 0.0753. The molecule has 0 aliphatic rings. The Morgan fingerprint density at radius 2 is 1.66 bits per heavy atom. The monoisotopic (exact) mass is 472 g/mol. The summed E-state index contributed by atoms with van der Waals surface area (Å²) >= 11 is 0. The Morgan fingerprint density at radius 3 is 2.37 bits per heavy atom. The molecule has 1 N–H and O–H groups in total. The highest BCUT2D eigenvalue weighted by Crippen LogP contribution is 2.20. The molecule has 35 heavy (non-hydrogen) atoms. The van der Waals surface area contributed by atoms with Gasteiger partial charge in [0.2, 0.25) is 11.8 Å². The third kappa shape index (κ3) is 7.71. The zero-order valence-electron chi connectivity index (χ0n) is 21.0. The molecule has 0 heterocycles. The maximum atomic E-state index is 13.8. The fourth-order valence-electron chi connectivity index (χ4n) is 4.10. The van der Waals surface area contributed by atoms with Crippen LogP contribution in [0.25, 0.3) is 0 Å². The highest BCUT2D eigenvalue weighted by atomic mass is 16.5. The Kier molecular flexibility index (Phi) is 9.91. The maximum Gasteiger partial charge on any atom is 0.243 e. The first-order valence-corrected chi connectivity index (χ1v) is 12.3. The Labute approximate surface area is 209 Å². The molecule has 5 nitrogen and oxygen atoms in total. The van der Waals surface area contributed by atoms with E-state index in [0.717, 1.165) is 40.8 Å². The Balaban J connectivity index is 1.96. The van der Waals surface area contributed by atoms with Gasteiger partial charge < -0.3 is 15.0 Å². The smallest absolute Gasteiger partial charge is 0.243 e. The molecule has 0 bridgehead atoms. The molecular formula is C30H36N2O3. The second-order valence-corrected chi connectivity index (χ2v) is 8.83. The Hall–Kier alpha value is -3.60. The summed E-state index contributed by atoms with van der Waals surface area (Å²) in [6.07, 6.45) is 2.58. The first-order chi connectivity index (χ1) is 17.0. The number of methoxy groups -OCH3 is 1. The van der Waals surface area contributed by atoms with Crippen LogP contribution in [0.2, 0.25) is 0 Å². The summed E-state index contributed by atoms with van der Waals surface area (Å²) in [5, 5.41) is 3.07. The molecule has 184 valence electrons. The van der Waals surface area contributed by atoms with E-state index < -0.39 is 6.04 Å². The van der Waals surface area contributed by atoms with Gasteiger partial charge in [0.25, 0.3) is 0 Å². The quantitative estimate of drug-likeness (QED) is 0.373. The zero-order chi connectivity index (χ0) is 25.0. The number of ether oxygens (including phenoxy) is 1. The van der Waals surface area contributed by atoms with Gasteiger partial charge in [0, 0.05) is 19.5 Å². The normalized spacial score (nSPS) is 11.5. The zero-order valence-corrected chi connectivity index (χ0v) is 21.0. The molecular weight excluding hydrogens is 436 g/mol. The number of carbonyl (C=O) groups is 2. The van der Waals surface area contributed by atoms with Crippen molar-refractivity contribution in [2.75, 3.05) is 13.7 Å². The van der Waals surface area contributed by atoms with Crippen molar-refractivity contribution in [1.29, 1.82) is 0 Å². The topological polar surface area (TPSA) is 58.6 Å². The fourth-order valence-corrected chi connectivity index (χ4v) is 4.10. The predicted octanol–water partition coefficient (Wildman–Crippen LogP) is 5.10. The first kappa shape index (κ1) is 26.0. The lowest BCUT2D eigenvalue weighted by Crippen LogP contribution is -2.51. The lowest BCUT2D eigenvalue weighted by atomic mass is 10.00. The summed E-state index contributed by atoms with van der Waals surface area (Å²) in [4.78, 5) is 29.0. The molecule has 3 rings (SSSR count). The minimum Gasteiger partial charge on any atom is -0.497 e. The van der Waals surface area contributed by atoms with E-state index in [4.69, 9.17) is 4.74 Å². The van der Waals surface area contributed by atoms with Gasteiger partial charge in [0.05, 0.1) is 13.5 Å². The highest BCUT2D eigenvalue weighted by molar-refractivity contribution is 5.89. The van der Waals surface area contributed by atoms with Gasteiger partial charge in [-0.1, -0.05) is 80.1 Å². The van der Waals surface area contributed by atoms with Crippen molar-refractivity contribution in [3.8, 4) is 5.75 Å². The number of nitrogens with one attached hydrogen (secondary N) is 1. The van der Waals surface area contributed by atoms with Crippen LogP contribution in [0.3, 0.4) is 0 Å². The molecule has 0 spiro atoms. The van der Waals surface area contributed by atoms with Gasteiger partial charge in [-0.15, -0.1) is 0 Å². The maximum absolute atomic E-state index is 13.8. The molecule has 0 radical (unpaired) electrons. The van der Waals surface area contributed by atoms with Crippen molar-refractivity contribution in [2.45, 2.75) is 52.1 Å². The molecule has 2 amide bonds. The number of benzene rings is 3. The third-order valence-electron chi connectivity index (χ3n) is 6.19. The van der Waals surface area contributed by atoms with E-state index >= 15 is 0 Å². The number of carbonyl (C=O) groups excluding carboxylic acids is 2. The second-order valence-electron chi connectivity index (χ2n) is 8.83. The number of amides is 2. The van der Waals surface area contributed by atoms with E-state index in [2.05, 4.69) is 12.2 Å². The number of aryl methyl sites for hydroxylation is 1. The van der Waals surface area contributed by atoms with Gasteiger partial charge in [-0.05, 0) is 47.7 Å². The van der Waals surface area contributed by atoms with E-state index in [1.165, 1.54) is 0 Å². The van der Waals surface area contributed by atoms with Crippen molar-refractivity contribution < 1.29 is 14.3 Å². The van der Waals surface area contributed by atoms with Crippen LogP contribution in [0.4, 0.5) is 0 Å². The van der Waals surface area contributed by atoms with Crippen LogP contribution >= 0.6 is 0 Å². The predicted molar refractivity (Wildman–Crippen MR) is 140 cm³/mol. The SMILES string of the molecule is CCCCNC(=O)C(Cc1ccccc1)N(Cc1cccc(OC)c1)C(=O)Cc1ccccc1C. The van der Waals surface area contributed by atoms with Crippen molar-refractivity contribution >= 4 is 11.8 Å². The fraction of sp³-hybridized carbons (Fsp3) is 0.333. The van der Waals surface area contributed by atoms with Gasteiger partial charge >= 0.3 is 0 Å². The summed E-state index contributed by atoms with van der Waals surface area (Å²) in [5.74, 6) is 0.526. The van der Waals surface area contributed by atoms with E-state index in [0.29, 0.717) is 19.5 Å². The molecule has 0 aliphatic carbocycles. The summed E-state index contributed by atoms with van der Waals surface area (Å²) in [6.45, 7) is 5.02. The van der Waals surface area contributed by atoms with Gasteiger partial charge in [0.1, 0.15) is 11.8 Å². The van der Waals surface area contributed by atoms with Crippen LogP contribution in [0, 0.1) is 6.92 Å². The van der Waals surface area contributed by atoms with Crippen LogP contribution in [0.5, 0.6) is 5.75 Å². The lowest BCUT2D eigenvalue weighted by molar-refractivity contribution is -0.140. The van der Waals surface area contributed by atoms with Crippen molar-refractivity contribution in [3.63, 3.8) is 0 Å². The summed E-state index contributed by atoms with van der Waals surface area (Å²) in [5.41, 5.74) is 3.97. The average Bonchev–Trinajstić information content (AvgIpc) is 2.88. The number of rotatable bonds is 12. The van der Waals surface area contributed by atoms with Gasteiger partial charge in [-0.2, -0.15) is 0 Å². The first-order valence-electron chi connectivity index (χ1n) is 12.3. The second kappa shape index (κ2) is 13.3. The molecule has 0 aromatic heterocycles. The summed E-state index contributed by atoms with van der Waals surface area (Å²) in [6, 6.07) is 24.8. The van der Waals surface area contributed by atoms with Crippen molar-refractivity contribution in [1.82, 2.24) is 10.2 Å². The molecule has 5 heteroatoms. The lowest BCUT2D eigenvalue weighted by Gasteiger charge is -2.32. The van der Waals surface area contributed by atoms with Gasteiger partial charge in [-0.25, -0.2) is 0 Å². The Bertz CT molecular complexity index is 1100. The number of unbranched alkanes of at least 4 members (excludes halogenated alkanes) is 1. The van der Waals surface area contributed by atoms with Gasteiger partial charge in [-0.3, -0.25) is 9.59 Å². The standard InChI is InChI=1S/C30H36N2O3/c1-4-5-18-31-30(34)28(20-24-13-7-6-8-14-24)32(22-25-15-11-17-27(19-25)35-3)29(33)21-26-16-10-9-12-23(26)2/h6-17,19,28H,4-5,18,20-22H2,1-3H3,(H,31,34). The minimum atomic E-state index is -0.628. The van der Waals surface area contributed by atoms with Crippen LogP contribution in [-0.2, 0) is 29.0 Å². The van der Waals surface area contributed by atoms with Crippen LogP contribution in [0.15, 0.2) is 78.9 Å². The van der Waals surface area contributed by atoms with Crippen LogP contribution in [-0.4, -0.2) is 36.4 Å². The van der Waals surface area contributed by atoms with E-state index in [1.54, 1.807) is 12.0 Å². The van der Waals surface area contributed by atoms with E-state index in [1.807, 2.05) is 85.8 Å². The molecule has 0 fully saturated rings. The van der Waals surface area contributed by atoms with Crippen molar-refractivity contribution in [2.24, 2.45) is 0 Å². The number of hydrogen-bond donors (Lipinski definition) is 1. The van der Waals surface area contributed by atoms with E-state index in [9.17, 15) is 9.59 Å². The van der Waals surface area contributed by atoms with Crippen LogP contribution < -0.4 is 10.1 Å². The Morgan fingerprint density at radius 1 is 0.943 bits per heavy atom. The third-order valence-corrected chi connectivity index (χ3v) is 6.19. The molecule has 0 saturated heterocycles. The highest BCUT2D eigenvalue weighted by Gasteiger charge is 2.30. The number of hydrogen-bond acceptors (Lipinski definition) is 3. The molecule has 0 aliphatic heterocycles. The molecule has 3 aromatic carbocycles. The van der Waals surface area contributed by atoms with E-state index in [-0.39, 0.29) is 18.2 Å². The molecule has 0 saturated carbocycles. The molecule has 1 unspecified atom stereocenters. The number of nitrogens with zero attached hydrogens (tertiary/aromatic N) is 1. The summed E-state index contributed by atoms with van der Waals surface area (Å²) in [7, 11) is 1.62. The molecule has 1 atom stereocenters. The average molecular weight is 473 g/mol.